The number of aromatic nitrogens is 2. The molecule has 1 heterocycles. The first-order valence-corrected chi connectivity index (χ1v) is 7.70. The van der Waals surface area contributed by atoms with Crippen molar-refractivity contribution in [1.82, 2.24) is 9.97 Å². The SMILES string of the molecule is [CH3][Sn][c]1ccnc(N(C)C)n1. The van der Waals surface area contributed by atoms with Gasteiger partial charge in [-0.05, 0) is 0 Å². The van der Waals surface area contributed by atoms with Gasteiger partial charge in [0, 0.05) is 0 Å². The Labute approximate surface area is 77.1 Å². The van der Waals surface area contributed by atoms with E-state index in [2.05, 4.69) is 14.9 Å². The molecule has 0 atom stereocenters. The summed E-state index contributed by atoms with van der Waals surface area (Å²) < 4.78 is 1.26. The van der Waals surface area contributed by atoms with Gasteiger partial charge >= 0.3 is 77.0 Å². The second kappa shape index (κ2) is 3.90. The quantitative estimate of drug-likeness (QED) is 0.693. The molecule has 0 saturated carbocycles. The normalized spacial score (nSPS) is 9.73. The third-order valence-electron chi connectivity index (χ3n) is 1.30. The van der Waals surface area contributed by atoms with Crippen molar-refractivity contribution >= 4 is 30.8 Å². The van der Waals surface area contributed by atoms with Crippen LogP contribution in [0.3, 0.4) is 0 Å². The Morgan fingerprint density at radius 1 is 1.45 bits per heavy atom. The standard InChI is InChI=1S/C6H8N3.CH3.Sn/c1-9(2)6-7-4-3-5-8-6;;/h3-4H,1-2H3;1H3;. The van der Waals surface area contributed by atoms with Crippen LogP contribution in [-0.2, 0) is 0 Å². The fourth-order valence-electron chi connectivity index (χ4n) is 0.703. The van der Waals surface area contributed by atoms with Crippen molar-refractivity contribution in [2.24, 2.45) is 0 Å². The fraction of sp³-hybridized carbons (Fsp3) is 0.429. The van der Waals surface area contributed by atoms with Crippen LogP contribution in [0.15, 0.2) is 12.3 Å². The fourth-order valence-corrected chi connectivity index (χ4v) is 2.00. The summed E-state index contributed by atoms with van der Waals surface area (Å²) in [5, 5.41) is 0. The van der Waals surface area contributed by atoms with Crippen LogP contribution in [0.5, 0.6) is 0 Å². The maximum atomic E-state index is 4.38. The van der Waals surface area contributed by atoms with E-state index < -0.39 is 0 Å². The van der Waals surface area contributed by atoms with Crippen LogP contribution in [0, 0.1) is 0 Å². The minimum absolute atomic E-state index is 0.387. The Balaban J connectivity index is 2.91. The summed E-state index contributed by atoms with van der Waals surface area (Å²) in [7, 11) is 3.92. The van der Waals surface area contributed by atoms with E-state index in [0.29, 0.717) is 0 Å². The third-order valence-corrected chi connectivity index (χ3v) is 3.56. The zero-order chi connectivity index (χ0) is 8.27. The first kappa shape index (κ1) is 8.77. The number of rotatable bonds is 2. The number of hydrogen-bond acceptors (Lipinski definition) is 3. The van der Waals surface area contributed by atoms with Crippen molar-refractivity contribution in [2.75, 3.05) is 19.0 Å². The summed E-state index contributed by atoms with van der Waals surface area (Å²) in [5.74, 6) is 0.824. The van der Waals surface area contributed by atoms with Crippen molar-refractivity contribution in [1.29, 1.82) is 0 Å². The average Bonchev–Trinajstić information content (AvgIpc) is 2.05. The Hall–Kier alpha value is -0.321. The molecule has 1 rings (SSSR count). The van der Waals surface area contributed by atoms with Crippen LogP contribution in [0.1, 0.15) is 0 Å². The predicted molar refractivity (Wildman–Crippen MR) is 47.6 cm³/mol. The second-order valence-corrected chi connectivity index (χ2v) is 5.28. The third kappa shape index (κ3) is 2.32. The van der Waals surface area contributed by atoms with Crippen molar-refractivity contribution in [2.45, 2.75) is 4.94 Å². The summed E-state index contributed by atoms with van der Waals surface area (Å²) >= 11 is -0.387. The Morgan fingerprint density at radius 3 is 2.73 bits per heavy atom. The topological polar surface area (TPSA) is 29.0 Å². The van der Waals surface area contributed by atoms with Gasteiger partial charge in [0.15, 0.2) is 0 Å². The van der Waals surface area contributed by atoms with Crippen LogP contribution >= 0.6 is 0 Å². The van der Waals surface area contributed by atoms with Crippen LogP contribution in [0.2, 0.25) is 4.94 Å². The molecule has 3 nitrogen and oxygen atoms in total. The Bertz CT molecular complexity index is 237. The molecule has 0 spiro atoms. The van der Waals surface area contributed by atoms with Crippen molar-refractivity contribution < 1.29 is 0 Å². The average molecular weight is 256 g/mol. The van der Waals surface area contributed by atoms with Crippen molar-refractivity contribution in [3.05, 3.63) is 12.3 Å². The molecule has 1 aromatic heterocycles. The van der Waals surface area contributed by atoms with Gasteiger partial charge in [-0.15, -0.1) is 0 Å². The van der Waals surface area contributed by atoms with Gasteiger partial charge in [0.2, 0.25) is 0 Å². The van der Waals surface area contributed by atoms with E-state index in [0.717, 1.165) is 5.95 Å². The zero-order valence-electron chi connectivity index (χ0n) is 7.00. The van der Waals surface area contributed by atoms with Gasteiger partial charge in [-0.1, -0.05) is 0 Å². The molecule has 0 N–H and O–H groups in total. The van der Waals surface area contributed by atoms with Gasteiger partial charge in [-0.3, -0.25) is 0 Å². The molecular formula is C7H11N3Sn. The van der Waals surface area contributed by atoms with Crippen molar-refractivity contribution in [3.63, 3.8) is 0 Å². The molecule has 58 valence electrons. The first-order valence-electron chi connectivity index (χ1n) is 3.42. The van der Waals surface area contributed by atoms with E-state index >= 15 is 0 Å². The summed E-state index contributed by atoms with van der Waals surface area (Å²) in [5.41, 5.74) is 0. The molecule has 0 fully saturated rings. The molecule has 0 aliphatic rings. The molecule has 0 saturated heterocycles. The van der Waals surface area contributed by atoms with Gasteiger partial charge in [-0.2, -0.15) is 0 Å². The van der Waals surface area contributed by atoms with Crippen LogP contribution in [0.25, 0.3) is 0 Å². The number of anilines is 1. The second-order valence-electron chi connectivity index (χ2n) is 2.39. The van der Waals surface area contributed by atoms with Crippen LogP contribution in [0.4, 0.5) is 5.95 Å². The molecular weight excluding hydrogens is 245 g/mol. The van der Waals surface area contributed by atoms with Gasteiger partial charge in [0.1, 0.15) is 0 Å². The van der Waals surface area contributed by atoms with Crippen LogP contribution < -0.4 is 8.61 Å². The first-order chi connectivity index (χ1) is 5.24. The molecule has 4 heteroatoms. The monoisotopic (exact) mass is 257 g/mol. The van der Waals surface area contributed by atoms with Crippen LogP contribution in [-0.4, -0.2) is 45.2 Å². The Kier molecular flexibility index (Phi) is 3.11. The van der Waals surface area contributed by atoms with E-state index in [1.807, 2.05) is 31.3 Å². The molecule has 0 aliphatic heterocycles. The summed E-state index contributed by atoms with van der Waals surface area (Å²) in [6.07, 6.45) is 1.84. The minimum atomic E-state index is -0.387. The predicted octanol–water partition coefficient (Wildman–Crippen LogP) is -0.0798. The zero-order valence-corrected chi connectivity index (χ0v) is 9.85. The molecule has 0 aliphatic carbocycles. The van der Waals surface area contributed by atoms with Gasteiger partial charge in [0.05, 0.1) is 0 Å². The van der Waals surface area contributed by atoms with Crippen molar-refractivity contribution in [3.8, 4) is 0 Å². The molecule has 0 amide bonds. The molecule has 0 bridgehead atoms. The van der Waals surface area contributed by atoms with Gasteiger partial charge < -0.3 is 0 Å². The summed E-state index contributed by atoms with van der Waals surface area (Å²) in [6, 6.07) is 2.01. The van der Waals surface area contributed by atoms with E-state index in [1.54, 1.807) is 0 Å². The van der Waals surface area contributed by atoms with Gasteiger partial charge in [0.25, 0.3) is 0 Å². The molecule has 0 unspecified atom stereocenters. The van der Waals surface area contributed by atoms with Gasteiger partial charge in [-0.25, -0.2) is 0 Å². The maximum absolute atomic E-state index is 4.38. The number of hydrogen-bond donors (Lipinski definition) is 0. The van der Waals surface area contributed by atoms with E-state index in [9.17, 15) is 0 Å². The van der Waals surface area contributed by atoms with E-state index in [4.69, 9.17) is 0 Å². The summed E-state index contributed by atoms with van der Waals surface area (Å²) in [6.45, 7) is 0. The molecule has 11 heavy (non-hydrogen) atoms. The number of nitrogens with zero attached hydrogens (tertiary/aromatic N) is 3. The molecule has 2 radical (unpaired) electrons. The van der Waals surface area contributed by atoms with E-state index in [-0.39, 0.29) is 21.1 Å². The molecule has 1 aromatic rings. The molecule has 0 aromatic carbocycles. The summed E-state index contributed by atoms with van der Waals surface area (Å²) in [4.78, 5) is 12.7. The van der Waals surface area contributed by atoms with E-state index in [1.165, 1.54) is 3.71 Å². The Morgan fingerprint density at radius 2 is 2.18 bits per heavy atom.